The third-order valence-corrected chi connectivity index (χ3v) is 6.36. The molecule has 0 bridgehead atoms. The smallest absolute Gasteiger partial charge is 0.254 e. The van der Waals surface area contributed by atoms with Gasteiger partial charge in [0, 0.05) is 49.7 Å². The number of carbonyl (C=O) groups excluding carboxylic acids is 1. The van der Waals surface area contributed by atoms with Gasteiger partial charge in [0.05, 0.1) is 18.4 Å². The number of hydrogen-bond acceptors (Lipinski definition) is 4. The normalized spacial score (nSPS) is 15.7. The van der Waals surface area contributed by atoms with Gasteiger partial charge in [0.2, 0.25) is 0 Å². The number of benzene rings is 3. The zero-order chi connectivity index (χ0) is 25.1. The minimum Gasteiger partial charge on any atom is -0.497 e. The number of likely N-dealkylation sites (tertiary alicyclic amines) is 1. The van der Waals surface area contributed by atoms with Crippen molar-refractivity contribution < 1.29 is 18.3 Å². The highest BCUT2D eigenvalue weighted by atomic mass is 19.1. The van der Waals surface area contributed by atoms with Gasteiger partial charge in [0.25, 0.3) is 5.91 Å². The molecule has 1 saturated heterocycles. The molecule has 1 fully saturated rings. The fraction of sp³-hybridized carbons (Fsp3) is 0.214. The predicted molar refractivity (Wildman–Crippen MR) is 133 cm³/mol. The minimum atomic E-state index is -0.789. The van der Waals surface area contributed by atoms with Gasteiger partial charge in [-0.3, -0.25) is 14.3 Å². The van der Waals surface area contributed by atoms with Crippen LogP contribution in [0, 0.1) is 11.6 Å². The number of nitrogens with zero attached hydrogens (tertiary/aromatic N) is 3. The molecule has 1 aromatic heterocycles. The average molecular weight is 489 g/mol. The Labute approximate surface area is 208 Å². The van der Waals surface area contributed by atoms with Crippen molar-refractivity contribution in [2.24, 2.45) is 0 Å². The summed E-state index contributed by atoms with van der Waals surface area (Å²) >= 11 is 0. The van der Waals surface area contributed by atoms with Crippen molar-refractivity contribution in [1.82, 2.24) is 19.8 Å². The largest absolute Gasteiger partial charge is 0.497 e. The van der Waals surface area contributed by atoms with Crippen molar-refractivity contribution >= 4 is 5.91 Å². The van der Waals surface area contributed by atoms with Crippen LogP contribution in [0.15, 0.2) is 79.1 Å². The predicted octanol–water partition coefficient (Wildman–Crippen LogP) is 4.83. The molecule has 0 spiro atoms. The molecule has 1 N–H and O–H groups in total. The third kappa shape index (κ3) is 4.99. The lowest BCUT2D eigenvalue weighted by atomic mass is 10.1. The molecule has 1 aliphatic heterocycles. The second-order valence-corrected chi connectivity index (χ2v) is 8.82. The standard InChI is InChI=1S/C28H26F2N4O2/c1-36-22-9-5-6-19(14-22)17-33-12-10-21(18-33)32-28(35)23-15-25(30)26(16-24(23)29)34-13-11-31-27(34)20-7-3-2-4-8-20/h2-9,11,13-16,21H,10,12,17-18H2,1H3,(H,32,35). The number of aromatic nitrogens is 2. The van der Waals surface area contributed by atoms with Gasteiger partial charge in [-0.1, -0.05) is 42.5 Å². The Balaban J connectivity index is 1.28. The van der Waals surface area contributed by atoms with E-state index in [0.717, 1.165) is 48.5 Å². The van der Waals surface area contributed by atoms with Crippen molar-refractivity contribution in [1.29, 1.82) is 0 Å². The maximum Gasteiger partial charge on any atom is 0.254 e. The second-order valence-electron chi connectivity index (χ2n) is 8.82. The molecule has 2 heterocycles. The fourth-order valence-corrected chi connectivity index (χ4v) is 4.58. The zero-order valence-corrected chi connectivity index (χ0v) is 19.8. The van der Waals surface area contributed by atoms with Crippen LogP contribution in [0.25, 0.3) is 17.1 Å². The Morgan fingerprint density at radius 3 is 2.72 bits per heavy atom. The highest BCUT2D eigenvalue weighted by Crippen LogP contribution is 2.25. The molecule has 0 saturated carbocycles. The number of halogens is 2. The molecule has 0 radical (unpaired) electrons. The molecule has 4 aromatic rings. The highest BCUT2D eigenvalue weighted by Gasteiger charge is 2.26. The van der Waals surface area contributed by atoms with E-state index in [1.165, 1.54) is 10.8 Å². The highest BCUT2D eigenvalue weighted by molar-refractivity contribution is 5.95. The molecule has 1 atom stereocenters. The summed E-state index contributed by atoms with van der Waals surface area (Å²) in [5.74, 6) is -0.844. The Morgan fingerprint density at radius 1 is 1.08 bits per heavy atom. The van der Waals surface area contributed by atoms with Crippen LogP contribution in [0.4, 0.5) is 8.78 Å². The molecular formula is C28H26F2N4O2. The van der Waals surface area contributed by atoms with Crippen LogP contribution in [-0.4, -0.2) is 46.6 Å². The Kier molecular flexibility index (Phi) is 6.77. The number of ether oxygens (including phenoxy) is 1. The van der Waals surface area contributed by atoms with Crippen LogP contribution in [-0.2, 0) is 6.54 Å². The van der Waals surface area contributed by atoms with Crippen LogP contribution in [0.5, 0.6) is 5.75 Å². The lowest BCUT2D eigenvalue weighted by molar-refractivity contribution is 0.0933. The quantitative estimate of drug-likeness (QED) is 0.405. The van der Waals surface area contributed by atoms with E-state index in [1.807, 2.05) is 54.6 Å². The van der Waals surface area contributed by atoms with E-state index in [0.29, 0.717) is 12.4 Å². The zero-order valence-electron chi connectivity index (χ0n) is 19.8. The number of nitrogens with one attached hydrogen (secondary N) is 1. The lowest BCUT2D eigenvalue weighted by Gasteiger charge is -2.17. The van der Waals surface area contributed by atoms with Gasteiger partial charge in [-0.15, -0.1) is 0 Å². The third-order valence-electron chi connectivity index (χ3n) is 6.36. The van der Waals surface area contributed by atoms with Crippen molar-refractivity contribution in [3.63, 3.8) is 0 Å². The molecule has 184 valence electrons. The van der Waals surface area contributed by atoms with E-state index in [1.54, 1.807) is 13.3 Å². The van der Waals surface area contributed by atoms with Gasteiger partial charge in [-0.05, 0) is 30.2 Å². The molecule has 1 amide bonds. The van der Waals surface area contributed by atoms with Crippen molar-refractivity contribution in [3.8, 4) is 22.8 Å². The van der Waals surface area contributed by atoms with E-state index in [4.69, 9.17) is 4.74 Å². The molecule has 6 nitrogen and oxygen atoms in total. The van der Waals surface area contributed by atoms with E-state index in [9.17, 15) is 4.79 Å². The van der Waals surface area contributed by atoms with E-state index in [2.05, 4.69) is 15.2 Å². The minimum absolute atomic E-state index is 0.00858. The summed E-state index contributed by atoms with van der Waals surface area (Å²) in [7, 11) is 1.63. The molecule has 8 heteroatoms. The van der Waals surface area contributed by atoms with E-state index in [-0.39, 0.29) is 17.3 Å². The van der Waals surface area contributed by atoms with Crippen molar-refractivity contribution in [2.75, 3.05) is 20.2 Å². The first kappa shape index (κ1) is 23.7. The first-order chi connectivity index (χ1) is 17.5. The molecular weight excluding hydrogens is 462 g/mol. The maximum absolute atomic E-state index is 15.1. The summed E-state index contributed by atoms with van der Waals surface area (Å²) in [6.07, 6.45) is 3.82. The Bertz CT molecular complexity index is 1370. The van der Waals surface area contributed by atoms with Crippen molar-refractivity contribution in [2.45, 2.75) is 19.0 Å². The number of rotatable bonds is 7. The summed E-state index contributed by atoms with van der Waals surface area (Å²) < 4.78 is 36.9. The summed E-state index contributed by atoms with van der Waals surface area (Å²) in [5, 5.41) is 2.86. The van der Waals surface area contributed by atoms with Crippen LogP contribution in [0.3, 0.4) is 0 Å². The Hall–Kier alpha value is -4.04. The molecule has 0 aliphatic carbocycles. The Morgan fingerprint density at radius 2 is 1.92 bits per heavy atom. The number of carbonyl (C=O) groups is 1. The van der Waals surface area contributed by atoms with Crippen molar-refractivity contribution in [3.05, 3.63) is 102 Å². The summed E-state index contributed by atoms with van der Waals surface area (Å²) in [5.41, 5.74) is 1.55. The van der Waals surface area contributed by atoms with E-state index < -0.39 is 17.5 Å². The second kappa shape index (κ2) is 10.3. The van der Waals surface area contributed by atoms with Gasteiger partial charge in [-0.2, -0.15) is 0 Å². The lowest BCUT2D eigenvalue weighted by Crippen LogP contribution is -2.37. The fourth-order valence-electron chi connectivity index (χ4n) is 4.58. The van der Waals surface area contributed by atoms with Gasteiger partial charge in [-0.25, -0.2) is 13.8 Å². The molecule has 1 aliphatic rings. The molecule has 36 heavy (non-hydrogen) atoms. The number of imidazole rings is 1. The number of methoxy groups -OCH3 is 1. The van der Waals surface area contributed by atoms with Crippen LogP contribution in [0.1, 0.15) is 22.3 Å². The monoisotopic (exact) mass is 488 g/mol. The summed E-state index contributed by atoms with van der Waals surface area (Å²) in [6, 6.07) is 18.9. The van der Waals surface area contributed by atoms with Gasteiger partial charge in [0.1, 0.15) is 23.2 Å². The molecule has 3 aromatic carbocycles. The van der Waals surface area contributed by atoms with Crippen LogP contribution in [0.2, 0.25) is 0 Å². The van der Waals surface area contributed by atoms with Gasteiger partial charge in [0.15, 0.2) is 0 Å². The van der Waals surface area contributed by atoms with E-state index >= 15 is 8.78 Å². The van der Waals surface area contributed by atoms with Crippen LogP contribution < -0.4 is 10.1 Å². The SMILES string of the molecule is COc1cccc(CN2CCC(NC(=O)c3cc(F)c(-n4ccnc4-c4ccccc4)cc3F)C2)c1. The number of amides is 1. The van der Waals surface area contributed by atoms with Gasteiger partial charge < -0.3 is 10.1 Å². The topological polar surface area (TPSA) is 59.4 Å². The first-order valence-corrected chi connectivity index (χ1v) is 11.8. The molecule has 1 unspecified atom stereocenters. The summed E-state index contributed by atoms with van der Waals surface area (Å²) in [6.45, 7) is 2.14. The average Bonchev–Trinajstić information content (AvgIpc) is 3.55. The van der Waals surface area contributed by atoms with Gasteiger partial charge >= 0.3 is 0 Å². The maximum atomic E-state index is 15.1. The number of hydrogen-bond donors (Lipinski definition) is 1. The van der Waals surface area contributed by atoms with Crippen LogP contribution >= 0.6 is 0 Å². The first-order valence-electron chi connectivity index (χ1n) is 11.8. The molecule has 5 rings (SSSR count). The summed E-state index contributed by atoms with van der Waals surface area (Å²) in [4.78, 5) is 19.3.